The Hall–Kier alpha value is -0.0600. The number of hydrogen-bond acceptors (Lipinski definition) is 5. The Morgan fingerprint density at radius 2 is 1.00 bits per heavy atom. The largest absolute Gasteiger partial charge is 0.700 e. The third kappa shape index (κ3) is 20.0. The van der Waals surface area contributed by atoms with Crippen LogP contribution in [-0.2, 0) is 13.6 Å². The molecule has 0 unspecified atom stereocenters. The smallest absolute Gasteiger partial charge is 0.290 e. The zero-order valence-electron chi connectivity index (χ0n) is 16.0. The molecule has 0 bridgehead atoms. The van der Waals surface area contributed by atoms with E-state index < -0.39 is 8.25 Å². The summed E-state index contributed by atoms with van der Waals surface area (Å²) < 4.78 is 21.7. The van der Waals surface area contributed by atoms with Crippen molar-refractivity contribution in [1.29, 1.82) is 0 Å². The van der Waals surface area contributed by atoms with Crippen LogP contribution >= 0.6 is 8.25 Å². The molecule has 0 radical (unpaired) electrons. The molecule has 0 aromatic heterocycles. The van der Waals surface area contributed by atoms with Gasteiger partial charge in [-0.05, 0) is 25.9 Å². The van der Waals surface area contributed by atoms with Crippen LogP contribution in [0.1, 0.15) is 90.9 Å². The van der Waals surface area contributed by atoms with Gasteiger partial charge in [0.05, 0.1) is 0 Å². The molecule has 144 valence electrons. The molecule has 0 aromatic carbocycles. The van der Waals surface area contributed by atoms with E-state index in [0.717, 1.165) is 25.9 Å². The van der Waals surface area contributed by atoms with Crippen molar-refractivity contribution in [3.05, 3.63) is 0 Å². The summed E-state index contributed by atoms with van der Waals surface area (Å²) in [5.74, 6) is 0. The molecule has 0 aliphatic rings. The quantitative estimate of drug-likeness (QED) is 0.170. The molecule has 0 saturated carbocycles. The van der Waals surface area contributed by atoms with Gasteiger partial charge in [-0.3, -0.25) is 10.6 Å². The van der Waals surface area contributed by atoms with Crippen molar-refractivity contribution in [2.45, 2.75) is 90.9 Å². The summed E-state index contributed by atoms with van der Waals surface area (Å²) in [7, 11) is -2.02. The highest BCUT2D eigenvalue weighted by Crippen LogP contribution is 2.21. The second kappa shape index (κ2) is 21.0. The molecule has 0 amide bonds. The van der Waals surface area contributed by atoms with E-state index in [1.807, 2.05) is 0 Å². The topological polar surface area (TPSA) is 59.6 Å². The molecule has 0 spiro atoms. The average molecular weight is 364 g/mol. The van der Waals surface area contributed by atoms with Crippen LogP contribution in [0.4, 0.5) is 0 Å². The minimum atomic E-state index is -2.02. The molecule has 6 heteroatoms. The van der Waals surface area contributed by atoms with Crippen molar-refractivity contribution in [3.8, 4) is 0 Å². The molecule has 0 atom stereocenters. The fraction of sp³-hybridized carbons (Fsp3) is 1.00. The maximum Gasteiger partial charge on any atom is 0.700 e. The monoisotopic (exact) mass is 363 g/mol. The molecule has 5 nitrogen and oxygen atoms in total. The highest BCUT2D eigenvalue weighted by molar-refractivity contribution is 7.33. The molecule has 0 fully saturated rings. The molecular weight excluding hydrogens is 323 g/mol. The minimum absolute atomic E-state index is 0.293. The summed E-state index contributed by atoms with van der Waals surface area (Å²) in [5.41, 5.74) is 0. The Kier molecular flexibility index (Phi) is 20.9. The van der Waals surface area contributed by atoms with Gasteiger partial charge in [0.1, 0.15) is 0 Å². The van der Waals surface area contributed by atoms with Crippen molar-refractivity contribution in [1.82, 2.24) is 10.6 Å². The van der Waals surface area contributed by atoms with E-state index in [0.29, 0.717) is 13.5 Å². The van der Waals surface area contributed by atoms with Crippen LogP contribution in [0, 0.1) is 0 Å². The molecule has 24 heavy (non-hydrogen) atoms. The van der Waals surface area contributed by atoms with E-state index in [9.17, 15) is 4.57 Å². The van der Waals surface area contributed by atoms with Gasteiger partial charge in [0.15, 0.2) is 13.5 Å². The Morgan fingerprint density at radius 3 is 1.42 bits per heavy atom. The van der Waals surface area contributed by atoms with Gasteiger partial charge in [0.2, 0.25) is 0 Å². The number of nitrogens with one attached hydrogen (secondary N) is 2. The van der Waals surface area contributed by atoms with E-state index in [1.165, 1.54) is 64.2 Å². The Labute approximate surface area is 150 Å². The fourth-order valence-electron chi connectivity index (χ4n) is 2.44. The zero-order chi connectivity index (χ0) is 17.7. The normalized spacial score (nSPS) is 11.1. The molecule has 0 aliphatic carbocycles. The van der Waals surface area contributed by atoms with Gasteiger partial charge in [-0.1, -0.05) is 78.1 Å². The van der Waals surface area contributed by atoms with Crippen LogP contribution in [0.15, 0.2) is 0 Å². The van der Waals surface area contributed by atoms with Crippen LogP contribution in [0.3, 0.4) is 0 Å². The molecule has 2 N–H and O–H groups in total. The SMILES string of the molecule is CCCCCCCCNCO[P+](=O)OCNCCCCCCCC. The van der Waals surface area contributed by atoms with Gasteiger partial charge in [0.25, 0.3) is 0 Å². The van der Waals surface area contributed by atoms with Crippen molar-refractivity contribution < 1.29 is 13.6 Å². The summed E-state index contributed by atoms with van der Waals surface area (Å²) in [4.78, 5) is 0. The van der Waals surface area contributed by atoms with Crippen molar-refractivity contribution in [3.63, 3.8) is 0 Å². The third-order valence-corrected chi connectivity index (χ3v) is 4.64. The van der Waals surface area contributed by atoms with Crippen LogP contribution < -0.4 is 10.6 Å². The van der Waals surface area contributed by atoms with Crippen LogP contribution in [0.2, 0.25) is 0 Å². The number of rotatable bonds is 20. The summed E-state index contributed by atoms with van der Waals surface area (Å²) in [6, 6.07) is 0. The van der Waals surface area contributed by atoms with Crippen LogP contribution in [0.5, 0.6) is 0 Å². The Morgan fingerprint density at radius 1 is 0.625 bits per heavy atom. The lowest BCUT2D eigenvalue weighted by atomic mass is 10.1. The molecule has 0 rings (SSSR count). The highest BCUT2D eigenvalue weighted by atomic mass is 31.1. The first-order chi connectivity index (χ1) is 11.8. The van der Waals surface area contributed by atoms with Gasteiger partial charge in [-0.15, -0.1) is 9.05 Å². The first-order valence-corrected chi connectivity index (χ1v) is 11.0. The number of unbranched alkanes of at least 4 members (excludes halogenated alkanes) is 10. The molecule has 0 heterocycles. The fourth-order valence-corrected chi connectivity index (χ4v) is 2.91. The molecule has 0 aliphatic heterocycles. The van der Waals surface area contributed by atoms with E-state index in [1.54, 1.807) is 0 Å². The first-order valence-electron chi connectivity index (χ1n) is 9.95. The van der Waals surface area contributed by atoms with Crippen LogP contribution in [-0.4, -0.2) is 26.6 Å². The van der Waals surface area contributed by atoms with E-state index in [2.05, 4.69) is 24.5 Å². The molecular formula is C18H40N2O3P+. The Balaban J connectivity index is 3.13. The zero-order valence-corrected chi connectivity index (χ0v) is 16.9. The van der Waals surface area contributed by atoms with Gasteiger partial charge in [-0.2, -0.15) is 0 Å². The predicted octanol–water partition coefficient (Wildman–Crippen LogP) is 5.49. The minimum Gasteiger partial charge on any atom is -0.290 e. The van der Waals surface area contributed by atoms with Crippen LogP contribution in [0.25, 0.3) is 0 Å². The third-order valence-electron chi connectivity index (χ3n) is 3.96. The summed E-state index contributed by atoms with van der Waals surface area (Å²) in [6.45, 7) is 6.86. The number of hydrogen-bond donors (Lipinski definition) is 2. The second-order valence-electron chi connectivity index (χ2n) is 6.31. The van der Waals surface area contributed by atoms with Gasteiger partial charge in [-0.25, -0.2) is 0 Å². The molecule has 0 aromatic rings. The molecule has 0 saturated heterocycles. The van der Waals surface area contributed by atoms with E-state index >= 15 is 0 Å². The lowest BCUT2D eigenvalue weighted by Gasteiger charge is -2.02. The van der Waals surface area contributed by atoms with E-state index in [-0.39, 0.29) is 0 Å². The van der Waals surface area contributed by atoms with Gasteiger partial charge in [0, 0.05) is 4.57 Å². The maximum atomic E-state index is 11.5. The summed E-state index contributed by atoms with van der Waals surface area (Å²) in [6.07, 6.45) is 15.3. The lowest BCUT2D eigenvalue weighted by Crippen LogP contribution is -2.19. The van der Waals surface area contributed by atoms with Gasteiger partial charge < -0.3 is 0 Å². The first kappa shape index (κ1) is 23.9. The standard InChI is InChI=1S/C18H40N2O3P/c1-3-5-7-9-11-13-15-19-17-22-24(21)23-18-20-16-14-12-10-8-6-4-2/h19-20H,3-18H2,1-2H3/q+1. The van der Waals surface area contributed by atoms with Crippen molar-refractivity contribution in [2.75, 3.05) is 26.6 Å². The summed E-state index contributed by atoms with van der Waals surface area (Å²) >= 11 is 0. The highest BCUT2D eigenvalue weighted by Gasteiger charge is 2.18. The van der Waals surface area contributed by atoms with Crippen molar-refractivity contribution >= 4 is 8.25 Å². The maximum absolute atomic E-state index is 11.5. The predicted molar refractivity (Wildman–Crippen MR) is 102 cm³/mol. The van der Waals surface area contributed by atoms with Crippen molar-refractivity contribution in [2.24, 2.45) is 0 Å². The van der Waals surface area contributed by atoms with E-state index in [4.69, 9.17) is 9.05 Å². The second-order valence-corrected chi connectivity index (χ2v) is 7.27. The van der Waals surface area contributed by atoms with Gasteiger partial charge >= 0.3 is 8.25 Å². The average Bonchev–Trinajstić information content (AvgIpc) is 2.59. The Bertz CT molecular complexity index is 245. The lowest BCUT2D eigenvalue weighted by molar-refractivity contribution is 0.201. The summed E-state index contributed by atoms with van der Waals surface area (Å²) in [5, 5.41) is 6.27.